The zero-order valence-corrected chi connectivity index (χ0v) is 68.0. The maximum atomic E-state index is 13.1. The van der Waals surface area contributed by atoms with Gasteiger partial charge in [0.1, 0.15) is 19.3 Å². The van der Waals surface area contributed by atoms with Crippen LogP contribution in [0.2, 0.25) is 0 Å². The minimum Gasteiger partial charge on any atom is -0.462 e. The molecule has 0 bridgehead atoms. The summed E-state index contributed by atoms with van der Waals surface area (Å²) in [5.74, 6) is -0.666. The normalized spacial score (nSPS) is 13.9. The van der Waals surface area contributed by atoms with Crippen LogP contribution >= 0.6 is 15.6 Å². The molecular weight excluding hydrogens is 1320 g/mol. The fourth-order valence-corrected chi connectivity index (χ4v) is 14.3. The van der Waals surface area contributed by atoms with Crippen molar-refractivity contribution >= 4 is 39.5 Å². The molecule has 3 N–H and O–H groups in total. The fourth-order valence-electron chi connectivity index (χ4n) is 12.7. The van der Waals surface area contributed by atoms with Gasteiger partial charge in [0.25, 0.3) is 0 Å². The van der Waals surface area contributed by atoms with Crippen molar-refractivity contribution in [3.8, 4) is 0 Å². The Morgan fingerprint density at radius 1 is 0.267 bits per heavy atom. The number of esters is 4. The van der Waals surface area contributed by atoms with Gasteiger partial charge in [0.05, 0.1) is 26.4 Å². The molecule has 0 aliphatic heterocycles. The van der Waals surface area contributed by atoms with Crippen molar-refractivity contribution in [2.45, 2.75) is 452 Å². The van der Waals surface area contributed by atoms with E-state index < -0.39 is 97.5 Å². The van der Waals surface area contributed by atoms with Crippen molar-refractivity contribution in [1.82, 2.24) is 0 Å². The Hall–Kier alpha value is -1.94. The van der Waals surface area contributed by atoms with Gasteiger partial charge < -0.3 is 33.8 Å². The van der Waals surface area contributed by atoms with E-state index in [0.29, 0.717) is 31.6 Å². The summed E-state index contributed by atoms with van der Waals surface area (Å²) >= 11 is 0. The van der Waals surface area contributed by atoms with Gasteiger partial charge in [-0.25, -0.2) is 9.13 Å². The number of phosphoric acid groups is 2. The van der Waals surface area contributed by atoms with Gasteiger partial charge >= 0.3 is 39.5 Å². The van der Waals surface area contributed by atoms with Crippen LogP contribution in [-0.2, 0) is 65.4 Å². The van der Waals surface area contributed by atoms with Gasteiger partial charge in [0.15, 0.2) is 12.2 Å². The molecule has 0 aliphatic rings. The van der Waals surface area contributed by atoms with E-state index in [9.17, 15) is 43.2 Å². The largest absolute Gasteiger partial charge is 0.472 e. The summed E-state index contributed by atoms with van der Waals surface area (Å²) in [5.41, 5.74) is 0. The maximum Gasteiger partial charge on any atom is 0.472 e. The number of aliphatic hydroxyl groups excluding tert-OH is 1. The van der Waals surface area contributed by atoms with E-state index in [4.69, 9.17) is 37.0 Å². The molecule has 0 aliphatic carbocycles. The second kappa shape index (κ2) is 73.6. The van der Waals surface area contributed by atoms with Gasteiger partial charge in [0, 0.05) is 25.7 Å². The molecule has 0 saturated carbocycles. The van der Waals surface area contributed by atoms with Crippen molar-refractivity contribution < 1.29 is 80.2 Å². The van der Waals surface area contributed by atoms with Crippen LogP contribution in [0.5, 0.6) is 0 Å². The van der Waals surface area contributed by atoms with Crippen molar-refractivity contribution in [3.63, 3.8) is 0 Å². The lowest BCUT2D eigenvalue weighted by Crippen LogP contribution is -2.30. The molecule has 0 heterocycles. The van der Waals surface area contributed by atoms with Crippen LogP contribution in [-0.4, -0.2) is 96.7 Å². The van der Waals surface area contributed by atoms with Crippen LogP contribution < -0.4 is 0 Å². The third-order valence-electron chi connectivity index (χ3n) is 19.2. The van der Waals surface area contributed by atoms with Gasteiger partial charge in [-0.3, -0.25) is 37.3 Å². The molecule has 101 heavy (non-hydrogen) atoms. The third-order valence-corrected chi connectivity index (χ3v) is 21.1. The van der Waals surface area contributed by atoms with Gasteiger partial charge in [0.2, 0.25) is 0 Å². The highest BCUT2D eigenvalue weighted by Crippen LogP contribution is 2.45. The standard InChI is InChI=1S/C82H160O17P2/c1-7-9-11-13-15-17-19-21-23-25-26-27-28-29-30-32-34-38-42-46-54-60-66-81(86)98-77(70-92-79(84)64-58-52-45-41-37-33-31-24-22-20-18-16-14-12-10-8-2)72-96-100(88,89)94-68-76(83)69-95-101(90,91)97-73-78(71-93-80(85)65-59-53-49-48-51-57-63-75(5)6)99-82(87)67-61-55-47-43-39-35-36-40-44-50-56-62-74(3)4/h74-78,83H,7-73H2,1-6H3,(H,88,89)(H,90,91)/t76-,77-,78-/m1/s1. The van der Waals surface area contributed by atoms with Crippen LogP contribution in [0.25, 0.3) is 0 Å². The second-order valence-electron chi connectivity index (χ2n) is 30.5. The zero-order chi connectivity index (χ0) is 74.2. The molecule has 5 atom stereocenters. The molecule has 17 nitrogen and oxygen atoms in total. The van der Waals surface area contributed by atoms with Crippen molar-refractivity contribution in [3.05, 3.63) is 0 Å². The number of carbonyl (C=O) groups is 4. The van der Waals surface area contributed by atoms with Crippen LogP contribution in [0, 0.1) is 11.8 Å². The van der Waals surface area contributed by atoms with E-state index in [-0.39, 0.29) is 25.7 Å². The number of ether oxygens (including phenoxy) is 4. The maximum absolute atomic E-state index is 13.1. The number of hydrogen-bond donors (Lipinski definition) is 3. The van der Waals surface area contributed by atoms with Crippen LogP contribution in [0.4, 0.5) is 0 Å². The molecule has 19 heteroatoms. The van der Waals surface area contributed by atoms with Crippen molar-refractivity contribution in [1.29, 1.82) is 0 Å². The molecule has 0 spiro atoms. The molecule has 0 aromatic carbocycles. The van der Waals surface area contributed by atoms with E-state index >= 15 is 0 Å². The minimum absolute atomic E-state index is 0.106. The lowest BCUT2D eigenvalue weighted by Gasteiger charge is -2.21. The predicted molar refractivity (Wildman–Crippen MR) is 414 cm³/mol. The molecule has 0 amide bonds. The Balaban J connectivity index is 5.20. The Kier molecular flexibility index (Phi) is 72.2. The van der Waals surface area contributed by atoms with E-state index in [1.54, 1.807) is 0 Å². The topological polar surface area (TPSA) is 237 Å². The average molecular weight is 1480 g/mol. The number of hydrogen-bond acceptors (Lipinski definition) is 15. The molecular formula is C82H160O17P2. The number of aliphatic hydroxyl groups is 1. The molecule has 0 radical (unpaired) electrons. The molecule has 0 saturated heterocycles. The first-order valence-corrected chi connectivity index (χ1v) is 45.5. The number of carbonyl (C=O) groups excluding carboxylic acids is 4. The Labute approximate surface area is 619 Å². The SMILES string of the molecule is CCCCCCCCCCCCCCCCCCCCCCCCC(=O)O[C@H](COC(=O)CCCCCCCCCCCCCCCCCC)COP(=O)(O)OC[C@@H](O)COP(=O)(O)OC[C@@H](COC(=O)CCCCCCCCC(C)C)OC(=O)CCCCCCCCCCCCCC(C)C. The summed E-state index contributed by atoms with van der Waals surface area (Å²) in [6.45, 7) is 9.55. The van der Waals surface area contributed by atoms with Crippen molar-refractivity contribution in [2.24, 2.45) is 11.8 Å². The van der Waals surface area contributed by atoms with Gasteiger partial charge in [-0.05, 0) is 37.5 Å². The highest BCUT2D eigenvalue weighted by atomic mass is 31.2. The monoisotopic (exact) mass is 1480 g/mol. The van der Waals surface area contributed by atoms with E-state index in [1.165, 1.54) is 244 Å². The molecule has 2 unspecified atom stereocenters. The molecule has 600 valence electrons. The molecule has 0 fully saturated rings. The van der Waals surface area contributed by atoms with Crippen LogP contribution in [0.15, 0.2) is 0 Å². The number of rotatable bonds is 81. The van der Waals surface area contributed by atoms with Crippen LogP contribution in [0.1, 0.15) is 433 Å². The Morgan fingerprint density at radius 3 is 0.673 bits per heavy atom. The van der Waals surface area contributed by atoms with Gasteiger partial charge in [-0.1, -0.05) is 382 Å². The fraction of sp³-hybridized carbons (Fsp3) is 0.951. The summed E-state index contributed by atoms with van der Waals surface area (Å²) in [5, 5.41) is 10.6. The van der Waals surface area contributed by atoms with E-state index in [0.717, 1.165) is 102 Å². The summed E-state index contributed by atoms with van der Waals surface area (Å²) in [4.78, 5) is 73.0. The summed E-state index contributed by atoms with van der Waals surface area (Å²) in [7, 11) is -9.92. The first-order chi connectivity index (χ1) is 48.9. The first kappa shape index (κ1) is 99.1. The highest BCUT2D eigenvalue weighted by Gasteiger charge is 2.30. The van der Waals surface area contributed by atoms with Crippen molar-refractivity contribution in [2.75, 3.05) is 39.6 Å². The van der Waals surface area contributed by atoms with Gasteiger partial charge in [-0.2, -0.15) is 0 Å². The summed E-state index contributed by atoms with van der Waals surface area (Å²) in [6, 6.07) is 0. The molecule has 0 aromatic rings. The third kappa shape index (κ3) is 76.1. The quantitative estimate of drug-likeness (QED) is 0.0222. The lowest BCUT2D eigenvalue weighted by molar-refractivity contribution is -0.161. The molecule has 0 rings (SSSR count). The Bertz CT molecular complexity index is 1940. The predicted octanol–water partition coefficient (Wildman–Crippen LogP) is 24.7. The number of phosphoric ester groups is 2. The minimum atomic E-state index is -4.96. The van der Waals surface area contributed by atoms with E-state index in [2.05, 4.69) is 41.5 Å². The highest BCUT2D eigenvalue weighted by molar-refractivity contribution is 7.47. The van der Waals surface area contributed by atoms with E-state index in [1.807, 2.05) is 0 Å². The smallest absolute Gasteiger partial charge is 0.462 e. The second-order valence-corrected chi connectivity index (χ2v) is 33.4. The number of unbranched alkanes of at least 4 members (excludes halogenated alkanes) is 51. The lowest BCUT2D eigenvalue weighted by atomic mass is 10.0. The Morgan fingerprint density at radius 2 is 0.455 bits per heavy atom. The zero-order valence-electron chi connectivity index (χ0n) is 66.2. The first-order valence-electron chi connectivity index (χ1n) is 42.5. The summed E-state index contributed by atoms with van der Waals surface area (Å²) in [6.07, 6.45) is 64.1. The molecule has 0 aromatic heterocycles. The van der Waals surface area contributed by atoms with Gasteiger partial charge in [-0.15, -0.1) is 0 Å². The summed E-state index contributed by atoms with van der Waals surface area (Å²) < 4.78 is 68.7. The average Bonchev–Trinajstić information content (AvgIpc) is 0.931. The van der Waals surface area contributed by atoms with Crippen LogP contribution in [0.3, 0.4) is 0 Å².